The highest BCUT2D eigenvalue weighted by Crippen LogP contribution is 2.33. The normalized spacial score (nSPS) is 11.0. The van der Waals surface area contributed by atoms with Crippen LogP contribution in [0.5, 0.6) is 11.5 Å². The molecule has 1 amide bonds. The molecule has 0 unspecified atom stereocenters. The Morgan fingerprint density at radius 1 is 1.03 bits per heavy atom. The predicted molar refractivity (Wildman–Crippen MR) is 138 cm³/mol. The van der Waals surface area contributed by atoms with Crippen molar-refractivity contribution in [3.05, 3.63) is 78.7 Å². The monoisotopic (exact) mass is 503 g/mol. The Bertz CT molecular complexity index is 1530. The van der Waals surface area contributed by atoms with Crippen molar-refractivity contribution in [1.82, 2.24) is 19.7 Å². The number of anilines is 1. The number of hydrogen-bond acceptors (Lipinski definition) is 6. The summed E-state index contributed by atoms with van der Waals surface area (Å²) in [5.74, 6) is 1.19. The lowest BCUT2D eigenvalue weighted by molar-refractivity contribution is -0.113. The number of fused-ring (bicyclic) bond motifs is 1. The second kappa shape index (κ2) is 10.1. The summed E-state index contributed by atoms with van der Waals surface area (Å²) in [4.78, 5) is 16.0. The maximum atomic E-state index is 13.7. The molecule has 0 saturated heterocycles. The average Bonchev–Trinajstić information content (AvgIpc) is 3.52. The van der Waals surface area contributed by atoms with Gasteiger partial charge in [0.1, 0.15) is 5.82 Å². The van der Waals surface area contributed by atoms with Crippen LogP contribution in [-0.2, 0) is 4.79 Å². The number of amides is 1. The zero-order valence-corrected chi connectivity index (χ0v) is 20.3. The first-order chi connectivity index (χ1) is 17.6. The molecule has 5 aromatic rings. The van der Waals surface area contributed by atoms with E-state index in [2.05, 4.69) is 20.5 Å². The van der Waals surface area contributed by atoms with Crippen molar-refractivity contribution in [3.8, 4) is 28.6 Å². The Hall–Kier alpha value is -4.31. The van der Waals surface area contributed by atoms with Crippen molar-refractivity contribution in [3.63, 3.8) is 0 Å². The number of hydrogen-bond donors (Lipinski definition) is 2. The van der Waals surface area contributed by atoms with E-state index in [9.17, 15) is 9.18 Å². The van der Waals surface area contributed by atoms with Crippen LogP contribution in [0.4, 0.5) is 10.1 Å². The summed E-state index contributed by atoms with van der Waals surface area (Å²) >= 11 is 1.23. The van der Waals surface area contributed by atoms with Crippen molar-refractivity contribution in [2.24, 2.45) is 0 Å². The Morgan fingerprint density at radius 3 is 2.58 bits per heavy atom. The number of benzene rings is 3. The molecule has 0 aliphatic rings. The van der Waals surface area contributed by atoms with Gasteiger partial charge >= 0.3 is 0 Å². The van der Waals surface area contributed by atoms with Gasteiger partial charge in [0.15, 0.2) is 22.5 Å². The summed E-state index contributed by atoms with van der Waals surface area (Å²) in [5, 5.41) is 13.1. The summed E-state index contributed by atoms with van der Waals surface area (Å²) in [7, 11) is 3.08. The Kier molecular flexibility index (Phi) is 6.59. The topological polar surface area (TPSA) is 94.1 Å². The molecule has 0 aliphatic carbocycles. The first-order valence-electron chi connectivity index (χ1n) is 11.0. The number of aromatic nitrogens is 4. The number of methoxy groups -OCH3 is 2. The molecule has 36 heavy (non-hydrogen) atoms. The minimum atomic E-state index is -0.344. The number of aromatic amines is 1. The van der Waals surface area contributed by atoms with Gasteiger partial charge in [0.2, 0.25) is 5.91 Å². The van der Waals surface area contributed by atoms with E-state index in [4.69, 9.17) is 9.47 Å². The van der Waals surface area contributed by atoms with E-state index in [-0.39, 0.29) is 17.5 Å². The number of halogens is 1. The molecule has 0 atom stereocenters. The fourth-order valence-electron chi connectivity index (χ4n) is 3.86. The van der Waals surface area contributed by atoms with E-state index in [1.807, 2.05) is 35.0 Å². The summed E-state index contributed by atoms with van der Waals surface area (Å²) in [5.41, 5.74) is 3.08. The molecular formula is C26H22FN5O3S. The van der Waals surface area contributed by atoms with Crippen LogP contribution in [0, 0.1) is 5.82 Å². The van der Waals surface area contributed by atoms with Crippen LogP contribution in [0.15, 0.2) is 78.1 Å². The smallest absolute Gasteiger partial charge is 0.234 e. The van der Waals surface area contributed by atoms with Crippen LogP contribution in [0.3, 0.4) is 0 Å². The fourth-order valence-corrected chi connectivity index (χ4v) is 4.61. The molecular weight excluding hydrogens is 481 g/mol. The molecule has 10 heteroatoms. The predicted octanol–water partition coefficient (Wildman–Crippen LogP) is 5.30. The third-order valence-corrected chi connectivity index (χ3v) is 6.48. The Labute approximate surface area is 210 Å². The lowest BCUT2D eigenvalue weighted by Crippen LogP contribution is -2.14. The van der Waals surface area contributed by atoms with Crippen molar-refractivity contribution in [1.29, 1.82) is 0 Å². The first-order valence-corrected chi connectivity index (χ1v) is 12.0. The largest absolute Gasteiger partial charge is 0.493 e. The number of thioether (sulfide) groups is 1. The third-order valence-electron chi connectivity index (χ3n) is 5.55. The quantitative estimate of drug-likeness (QED) is 0.279. The first kappa shape index (κ1) is 23.4. The Morgan fingerprint density at radius 2 is 1.81 bits per heavy atom. The summed E-state index contributed by atoms with van der Waals surface area (Å²) in [6.07, 6.45) is 1.87. The van der Waals surface area contributed by atoms with Gasteiger partial charge in [-0.1, -0.05) is 30.0 Å². The van der Waals surface area contributed by atoms with Crippen LogP contribution >= 0.6 is 11.8 Å². The average molecular weight is 504 g/mol. The molecule has 0 aliphatic heterocycles. The highest BCUT2D eigenvalue weighted by molar-refractivity contribution is 7.99. The van der Waals surface area contributed by atoms with E-state index in [1.165, 1.54) is 31.0 Å². The summed E-state index contributed by atoms with van der Waals surface area (Å²) in [6.45, 7) is 0. The molecule has 0 radical (unpaired) electrons. The zero-order chi connectivity index (χ0) is 25.1. The number of ether oxygens (including phenoxy) is 2. The Balaban J connectivity index is 1.42. The van der Waals surface area contributed by atoms with Crippen LogP contribution in [-0.4, -0.2) is 45.6 Å². The molecule has 0 bridgehead atoms. The maximum absolute atomic E-state index is 13.7. The molecule has 0 fully saturated rings. The van der Waals surface area contributed by atoms with Crippen LogP contribution < -0.4 is 14.8 Å². The molecule has 8 nitrogen and oxygen atoms in total. The van der Waals surface area contributed by atoms with Crippen molar-refractivity contribution in [2.75, 3.05) is 25.3 Å². The number of carbonyl (C=O) groups is 1. The molecule has 2 heterocycles. The van der Waals surface area contributed by atoms with Gasteiger partial charge in [0.05, 0.1) is 20.0 Å². The van der Waals surface area contributed by atoms with E-state index in [0.717, 1.165) is 16.5 Å². The van der Waals surface area contributed by atoms with Crippen LogP contribution in [0.1, 0.15) is 0 Å². The number of para-hydroxylation sites is 1. The van der Waals surface area contributed by atoms with Gasteiger partial charge in [0.25, 0.3) is 0 Å². The van der Waals surface area contributed by atoms with Crippen molar-refractivity contribution in [2.45, 2.75) is 5.16 Å². The SMILES string of the molecule is COc1ccc(NC(=O)CSc2nnc(-c3c[nH]c4ccccc34)n2-c2ccc(F)cc2)cc1OC. The number of nitrogens with one attached hydrogen (secondary N) is 2. The van der Waals surface area contributed by atoms with Gasteiger partial charge in [-0.3, -0.25) is 9.36 Å². The molecule has 3 aromatic carbocycles. The summed E-state index contributed by atoms with van der Waals surface area (Å²) in [6, 6.07) is 19.1. The van der Waals surface area contributed by atoms with E-state index in [0.29, 0.717) is 33.9 Å². The van der Waals surface area contributed by atoms with E-state index < -0.39 is 0 Å². The van der Waals surface area contributed by atoms with Gasteiger partial charge in [0, 0.05) is 40.1 Å². The second-order valence-electron chi connectivity index (χ2n) is 7.77. The highest BCUT2D eigenvalue weighted by atomic mass is 32.2. The number of H-pyrrole nitrogens is 1. The van der Waals surface area contributed by atoms with Gasteiger partial charge in [-0.25, -0.2) is 4.39 Å². The van der Waals surface area contributed by atoms with Gasteiger partial charge in [-0.15, -0.1) is 10.2 Å². The zero-order valence-electron chi connectivity index (χ0n) is 19.5. The molecule has 2 aromatic heterocycles. The highest BCUT2D eigenvalue weighted by Gasteiger charge is 2.20. The lowest BCUT2D eigenvalue weighted by atomic mass is 10.1. The number of nitrogens with zero attached hydrogens (tertiary/aromatic N) is 3. The fraction of sp³-hybridized carbons (Fsp3) is 0.115. The van der Waals surface area contributed by atoms with Crippen molar-refractivity contribution >= 4 is 34.3 Å². The maximum Gasteiger partial charge on any atom is 0.234 e. The van der Waals surface area contributed by atoms with E-state index >= 15 is 0 Å². The summed E-state index contributed by atoms with van der Waals surface area (Å²) < 4.78 is 26.0. The molecule has 182 valence electrons. The van der Waals surface area contributed by atoms with E-state index in [1.54, 1.807) is 37.4 Å². The number of carbonyl (C=O) groups excluding carboxylic acids is 1. The van der Waals surface area contributed by atoms with Gasteiger partial charge in [-0.05, 0) is 42.5 Å². The standard InChI is InChI=1S/C26H22FN5O3S/c1-34-22-12-9-17(13-23(22)35-2)29-24(33)15-36-26-31-30-25(32(26)18-10-7-16(27)8-11-18)20-14-28-21-6-4-3-5-19(20)21/h3-14,28H,15H2,1-2H3,(H,29,33). The second-order valence-corrected chi connectivity index (χ2v) is 8.72. The molecule has 0 saturated carbocycles. The van der Waals surface area contributed by atoms with Gasteiger partial charge < -0.3 is 19.8 Å². The minimum absolute atomic E-state index is 0.0849. The third kappa shape index (κ3) is 4.63. The van der Waals surface area contributed by atoms with Crippen LogP contribution in [0.2, 0.25) is 0 Å². The number of rotatable bonds is 8. The molecule has 0 spiro atoms. The van der Waals surface area contributed by atoms with Crippen LogP contribution in [0.25, 0.3) is 28.0 Å². The minimum Gasteiger partial charge on any atom is -0.493 e. The van der Waals surface area contributed by atoms with Crippen molar-refractivity contribution < 1.29 is 18.7 Å². The van der Waals surface area contributed by atoms with Gasteiger partial charge in [-0.2, -0.15) is 0 Å². The molecule has 2 N–H and O–H groups in total. The lowest BCUT2D eigenvalue weighted by Gasteiger charge is -2.11. The molecule has 5 rings (SSSR count).